The molecule has 1 aliphatic rings. The lowest BCUT2D eigenvalue weighted by Gasteiger charge is -2.13. The number of para-hydroxylation sites is 1. The van der Waals surface area contributed by atoms with Crippen LogP contribution >= 0.6 is 11.6 Å². The van der Waals surface area contributed by atoms with Gasteiger partial charge in [-0.15, -0.1) is 0 Å². The lowest BCUT2D eigenvalue weighted by atomic mass is 10.1. The molecular weight excluding hydrogens is 530 g/mol. The van der Waals surface area contributed by atoms with Gasteiger partial charge >= 0.3 is 0 Å². The quantitative estimate of drug-likeness (QED) is 0.375. The van der Waals surface area contributed by atoms with Gasteiger partial charge in [-0.3, -0.25) is 19.4 Å². The molecule has 1 saturated heterocycles. The summed E-state index contributed by atoms with van der Waals surface area (Å²) in [6.07, 6.45) is 1.75. The molecule has 0 bridgehead atoms. The maximum Gasteiger partial charge on any atom is 0.274 e. The molecule has 39 heavy (non-hydrogen) atoms. The van der Waals surface area contributed by atoms with Crippen molar-refractivity contribution in [3.63, 3.8) is 0 Å². The number of pyridine rings is 1. The van der Waals surface area contributed by atoms with Crippen LogP contribution in [0.1, 0.15) is 27.3 Å². The summed E-state index contributed by atoms with van der Waals surface area (Å²) < 4.78 is 30.4. The fourth-order valence-corrected chi connectivity index (χ4v) is 4.59. The highest BCUT2D eigenvalue weighted by Gasteiger charge is 2.32. The Morgan fingerprint density at radius 2 is 1.79 bits per heavy atom. The monoisotopic (exact) mass is 550 g/mol. The molecule has 0 saturated carbocycles. The molecule has 9 nitrogen and oxygen atoms in total. The van der Waals surface area contributed by atoms with Gasteiger partial charge in [0.2, 0.25) is 5.91 Å². The van der Waals surface area contributed by atoms with Crippen molar-refractivity contribution in [1.29, 1.82) is 0 Å². The predicted octanol–water partition coefficient (Wildman–Crippen LogP) is 4.07. The van der Waals surface area contributed by atoms with E-state index in [1.54, 1.807) is 30.3 Å². The van der Waals surface area contributed by atoms with Crippen LogP contribution in [-0.4, -0.2) is 50.5 Å². The third-order valence-electron chi connectivity index (χ3n) is 6.36. The number of carbonyl (C=O) groups is 3. The summed E-state index contributed by atoms with van der Waals surface area (Å²) in [6, 6.07) is 14.7. The number of primary amides is 1. The van der Waals surface area contributed by atoms with Gasteiger partial charge in [0.1, 0.15) is 23.1 Å². The Hall–Kier alpha value is -4.64. The van der Waals surface area contributed by atoms with Crippen molar-refractivity contribution in [2.75, 3.05) is 18.4 Å². The van der Waals surface area contributed by atoms with E-state index in [4.69, 9.17) is 17.3 Å². The second-order valence-electron chi connectivity index (χ2n) is 8.90. The van der Waals surface area contributed by atoms with E-state index in [0.29, 0.717) is 18.7 Å². The number of nitrogens with zero attached hydrogens (tertiary/aromatic N) is 4. The zero-order chi connectivity index (χ0) is 27.7. The molecule has 5 rings (SSSR count). The maximum absolute atomic E-state index is 14.7. The standard InChI is InChI=1S/C27H21ClF2N6O3/c28-19-12-21(30)18(24-20(29)7-4-9-32-24)11-17(19)26(38)33-23-13-22(34-36(23)16-5-2-1-3-6-16)27(39)35-10-8-15(14-35)25(31)37/h1-7,9,11-13,15H,8,10,14H2,(H2,31,37)(H,33,38). The number of hydrogen-bond donors (Lipinski definition) is 2. The molecule has 1 atom stereocenters. The van der Waals surface area contributed by atoms with Gasteiger partial charge in [-0.1, -0.05) is 29.8 Å². The second kappa shape index (κ2) is 10.6. The molecular formula is C27H21ClF2N6O3. The summed E-state index contributed by atoms with van der Waals surface area (Å²) in [5, 5.41) is 6.86. The first-order valence-electron chi connectivity index (χ1n) is 11.9. The van der Waals surface area contributed by atoms with Gasteiger partial charge in [0.15, 0.2) is 5.69 Å². The normalized spacial score (nSPS) is 14.8. The van der Waals surface area contributed by atoms with Crippen molar-refractivity contribution in [1.82, 2.24) is 19.7 Å². The molecule has 12 heteroatoms. The average Bonchev–Trinajstić information content (AvgIpc) is 3.58. The number of amides is 3. The zero-order valence-corrected chi connectivity index (χ0v) is 21.0. The van der Waals surface area contributed by atoms with E-state index in [1.807, 2.05) is 0 Å². The second-order valence-corrected chi connectivity index (χ2v) is 9.31. The molecule has 3 heterocycles. The minimum absolute atomic E-state index is 0.0284. The molecule has 3 N–H and O–H groups in total. The Morgan fingerprint density at radius 3 is 2.49 bits per heavy atom. The van der Waals surface area contributed by atoms with Crippen molar-refractivity contribution in [3.8, 4) is 16.9 Å². The van der Waals surface area contributed by atoms with Gasteiger partial charge in [-0.2, -0.15) is 5.10 Å². The Morgan fingerprint density at radius 1 is 1.03 bits per heavy atom. The van der Waals surface area contributed by atoms with E-state index in [0.717, 1.165) is 18.2 Å². The zero-order valence-electron chi connectivity index (χ0n) is 20.3. The Labute approximate surface area is 226 Å². The van der Waals surface area contributed by atoms with Crippen LogP contribution < -0.4 is 11.1 Å². The average molecular weight is 551 g/mol. The Kier molecular flexibility index (Phi) is 7.07. The Bertz CT molecular complexity index is 1590. The summed E-state index contributed by atoms with van der Waals surface area (Å²) in [7, 11) is 0. The van der Waals surface area contributed by atoms with E-state index in [2.05, 4.69) is 15.4 Å². The molecule has 1 unspecified atom stereocenters. The summed E-state index contributed by atoms with van der Waals surface area (Å²) >= 11 is 6.19. The van der Waals surface area contributed by atoms with Crippen LogP contribution in [0.2, 0.25) is 5.02 Å². The summed E-state index contributed by atoms with van der Waals surface area (Å²) in [5.41, 5.74) is 5.30. The number of hydrogen-bond acceptors (Lipinski definition) is 5. The minimum atomic E-state index is -0.851. The highest BCUT2D eigenvalue weighted by atomic mass is 35.5. The van der Waals surface area contributed by atoms with Crippen LogP contribution in [0, 0.1) is 17.6 Å². The van der Waals surface area contributed by atoms with Gasteiger partial charge in [-0.25, -0.2) is 13.5 Å². The third kappa shape index (κ3) is 5.21. The SMILES string of the molecule is NC(=O)C1CCN(C(=O)c2cc(NC(=O)c3cc(-c4ncccc4F)c(F)cc3Cl)n(-c3ccccc3)n2)C1. The molecule has 4 aromatic rings. The van der Waals surface area contributed by atoms with E-state index in [1.165, 1.54) is 27.9 Å². The van der Waals surface area contributed by atoms with Crippen molar-refractivity contribution >= 4 is 35.1 Å². The topological polar surface area (TPSA) is 123 Å². The maximum atomic E-state index is 14.7. The molecule has 2 aromatic heterocycles. The van der Waals surface area contributed by atoms with Crippen LogP contribution in [-0.2, 0) is 4.79 Å². The molecule has 0 aliphatic carbocycles. The fourth-order valence-electron chi connectivity index (χ4n) is 4.35. The number of nitrogens with two attached hydrogens (primary N) is 1. The van der Waals surface area contributed by atoms with Crippen LogP contribution in [0.15, 0.2) is 66.9 Å². The summed E-state index contributed by atoms with van der Waals surface area (Å²) in [4.78, 5) is 43.4. The molecule has 0 radical (unpaired) electrons. The lowest BCUT2D eigenvalue weighted by molar-refractivity contribution is -0.121. The minimum Gasteiger partial charge on any atom is -0.369 e. The summed E-state index contributed by atoms with van der Waals surface area (Å²) in [5.74, 6) is -3.59. The van der Waals surface area contributed by atoms with Crippen LogP contribution in [0.4, 0.5) is 14.6 Å². The summed E-state index contributed by atoms with van der Waals surface area (Å²) in [6.45, 7) is 0.510. The molecule has 198 valence electrons. The van der Waals surface area contributed by atoms with Crippen molar-refractivity contribution in [2.24, 2.45) is 11.7 Å². The van der Waals surface area contributed by atoms with Gasteiger partial charge < -0.3 is 16.0 Å². The molecule has 3 amide bonds. The largest absolute Gasteiger partial charge is 0.369 e. The number of anilines is 1. The van der Waals surface area contributed by atoms with Crippen molar-refractivity contribution in [3.05, 3.63) is 94.8 Å². The van der Waals surface area contributed by atoms with Crippen molar-refractivity contribution in [2.45, 2.75) is 6.42 Å². The van der Waals surface area contributed by atoms with Gasteiger partial charge in [0.25, 0.3) is 11.8 Å². The fraction of sp³-hybridized carbons (Fsp3) is 0.148. The van der Waals surface area contributed by atoms with Crippen LogP contribution in [0.5, 0.6) is 0 Å². The first-order valence-corrected chi connectivity index (χ1v) is 12.3. The number of likely N-dealkylation sites (tertiary alicyclic amines) is 1. The van der Waals surface area contributed by atoms with E-state index in [9.17, 15) is 23.2 Å². The first kappa shape index (κ1) is 26.0. The molecule has 1 fully saturated rings. The Balaban J connectivity index is 1.49. The molecule has 1 aliphatic heterocycles. The van der Waals surface area contributed by atoms with E-state index >= 15 is 0 Å². The number of aromatic nitrogens is 3. The lowest BCUT2D eigenvalue weighted by Crippen LogP contribution is -2.32. The third-order valence-corrected chi connectivity index (χ3v) is 6.68. The number of nitrogens with one attached hydrogen (secondary N) is 1. The highest BCUT2D eigenvalue weighted by Crippen LogP contribution is 2.30. The number of rotatable bonds is 6. The number of benzene rings is 2. The van der Waals surface area contributed by atoms with E-state index < -0.39 is 35.3 Å². The van der Waals surface area contributed by atoms with Crippen molar-refractivity contribution < 1.29 is 23.2 Å². The smallest absolute Gasteiger partial charge is 0.274 e. The van der Waals surface area contributed by atoms with Gasteiger partial charge in [-0.05, 0) is 42.8 Å². The number of carbonyl (C=O) groups excluding carboxylic acids is 3. The van der Waals surface area contributed by atoms with Gasteiger partial charge in [0, 0.05) is 30.9 Å². The van der Waals surface area contributed by atoms with Gasteiger partial charge in [0.05, 0.1) is 22.2 Å². The van der Waals surface area contributed by atoms with Crippen LogP contribution in [0.25, 0.3) is 16.9 Å². The first-order chi connectivity index (χ1) is 18.7. The molecule has 2 aromatic carbocycles. The molecule has 0 spiro atoms. The van der Waals surface area contributed by atoms with E-state index in [-0.39, 0.29) is 39.9 Å². The number of halogens is 3. The van der Waals surface area contributed by atoms with Crippen LogP contribution in [0.3, 0.4) is 0 Å². The highest BCUT2D eigenvalue weighted by molar-refractivity contribution is 6.34. The predicted molar refractivity (Wildman–Crippen MR) is 139 cm³/mol.